The average Bonchev–Trinajstić information content (AvgIpc) is 2.61. The number of aromatic hydroxyl groups is 1. The summed E-state index contributed by atoms with van der Waals surface area (Å²) < 4.78 is 23.1. The van der Waals surface area contributed by atoms with E-state index in [0.717, 1.165) is 23.6 Å². The van der Waals surface area contributed by atoms with Crippen LogP contribution in [0.1, 0.15) is 10.4 Å². The predicted octanol–water partition coefficient (Wildman–Crippen LogP) is 3.11. The summed E-state index contributed by atoms with van der Waals surface area (Å²) in [4.78, 5) is 16.4. The van der Waals surface area contributed by atoms with Crippen LogP contribution in [-0.4, -0.2) is 30.7 Å². The number of anilines is 1. The zero-order chi connectivity index (χ0) is 18.7. The van der Waals surface area contributed by atoms with Crippen molar-refractivity contribution >= 4 is 21.4 Å². The van der Waals surface area contributed by atoms with E-state index in [-0.39, 0.29) is 10.5 Å². The summed E-state index contributed by atoms with van der Waals surface area (Å²) in [5.41, 5.74) is 2.33. The molecule has 2 N–H and O–H groups in total. The number of hydrogen-bond donors (Lipinski definition) is 2. The predicted molar refractivity (Wildman–Crippen MR) is 98.8 cm³/mol. The van der Waals surface area contributed by atoms with Crippen molar-refractivity contribution in [3.8, 4) is 17.0 Å². The van der Waals surface area contributed by atoms with Gasteiger partial charge in [-0.3, -0.25) is 9.78 Å². The van der Waals surface area contributed by atoms with Gasteiger partial charge in [-0.1, -0.05) is 18.2 Å². The molecule has 0 atom stereocenters. The lowest BCUT2D eigenvalue weighted by atomic mass is 10.1. The largest absolute Gasteiger partial charge is 0.507 e. The van der Waals surface area contributed by atoms with Gasteiger partial charge in [0.15, 0.2) is 9.84 Å². The maximum absolute atomic E-state index is 12.4. The third-order valence-corrected chi connectivity index (χ3v) is 4.85. The number of pyridine rings is 1. The first-order valence-electron chi connectivity index (χ1n) is 7.70. The van der Waals surface area contributed by atoms with Crippen molar-refractivity contribution in [2.45, 2.75) is 4.90 Å². The summed E-state index contributed by atoms with van der Waals surface area (Å²) in [5, 5.41) is 12.6. The summed E-state index contributed by atoms with van der Waals surface area (Å²) in [5.74, 6) is -0.916. The molecule has 6 nitrogen and oxygen atoms in total. The van der Waals surface area contributed by atoms with Crippen LogP contribution in [-0.2, 0) is 9.84 Å². The molecule has 2 aromatic carbocycles. The highest BCUT2D eigenvalue weighted by atomic mass is 32.2. The van der Waals surface area contributed by atoms with Crippen LogP contribution in [0.5, 0.6) is 5.75 Å². The van der Waals surface area contributed by atoms with Gasteiger partial charge < -0.3 is 10.4 Å². The number of aromatic nitrogens is 1. The number of nitrogens with one attached hydrogen (secondary N) is 1. The highest BCUT2D eigenvalue weighted by Gasteiger charge is 2.16. The number of nitrogens with zero attached hydrogens (tertiary/aromatic N) is 1. The minimum Gasteiger partial charge on any atom is -0.507 e. The van der Waals surface area contributed by atoms with Gasteiger partial charge in [-0.25, -0.2) is 8.42 Å². The number of hydrogen-bond acceptors (Lipinski definition) is 5. The summed E-state index contributed by atoms with van der Waals surface area (Å²) in [6, 6.07) is 16.4. The molecule has 132 valence electrons. The van der Waals surface area contributed by atoms with Crippen LogP contribution in [0.4, 0.5) is 5.69 Å². The van der Waals surface area contributed by atoms with E-state index in [1.54, 1.807) is 24.4 Å². The fourth-order valence-electron chi connectivity index (χ4n) is 2.47. The molecule has 3 aromatic rings. The molecule has 0 aliphatic heterocycles. The summed E-state index contributed by atoms with van der Waals surface area (Å²) in [6.45, 7) is 0. The quantitative estimate of drug-likeness (QED) is 0.738. The highest BCUT2D eigenvalue weighted by molar-refractivity contribution is 7.90. The topological polar surface area (TPSA) is 96.4 Å². The van der Waals surface area contributed by atoms with Gasteiger partial charge in [0.1, 0.15) is 10.6 Å². The molecule has 1 amide bonds. The molecule has 0 aliphatic rings. The van der Waals surface area contributed by atoms with Crippen LogP contribution >= 0.6 is 0 Å². The zero-order valence-corrected chi connectivity index (χ0v) is 14.7. The number of carbonyl (C=O) groups is 1. The molecular weight excluding hydrogens is 352 g/mol. The van der Waals surface area contributed by atoms with Gasteiger partial charge in [-0.2, -0.15) is 0 Å². The molecule has 1 heterocycles. The molecule has 0 saturated carbocycles. The van der Waals surface area contributed by atoms with Crippen LogP contribution in [0, 0.1) is 0 Å². The highest BCUT2D eigenvalue weighted by Crippen LogP contribution is 2.25. The van der Waals surface area contributed by atoms with Gasteiger partial charge in [-0.15, -0.1) is 0 Å². The van der Waals surface area contributed by atoms with E-state index in [4.69, 9.17) is 0 Å². The Balaban J connectivity index is 1.84. The second-order valence-electron chi connectivity index (χ2n) is 5.70. The fourth-order valence-corrected chi connectivity index (χ4v) is 3.22. The van der Waals surface area contributed by atoms with Gasteiger partial charge in [0.2, 0.25) is 0 Å². The molecule has 0 spiro atoms. The Hall–Kier alpha value is -3.19. The van der Waals surface area contributed by atoms with Crippen LogP contribution in [0.3, 0.4) is 0 Å². The molecule has 3 rings (SSSR count). The van der Waals surface area contributed by atoms with E-state index in [1.807, 2.05) is 24.3 Å². The second kappa shape index (κ2) is 6.97. The third-order valence-electron chi connectivity index (χ3n) is 3.70. The first-order valence-corrected chi connectivity index (χ1v) is 9.59. The van der Waals surface area contributed by atoms with Crippen LogP contribution in [0.2, 0.25) is 0 Å². The van der Waals surface area contributed by atoms with E-state index in [0.29, 0.717) is 5.69 Å². The smallest absolute Gasteiger partial charge is 0.255 e. The minimum absolute atomic E-state index is 0.151. The summed E-state index contributed by atoms with van der Waals surface area (Å²) in [6.07, 6.45) is 2.68. The number of carbonyl (C=O) groups excluding carboxylic acids is 1. The molecule has 0 bridgehead atoms. The Bertz CT molecular complexity index is 1060. The van der Waals surface area contributed by atoms with Crippen molar-refractivity contribution in [1.82, 2.24) is 4.98 Å². The Morgan fingerprint density at radius 2 is 1.85 bits per heavy atom. The van der Waals surface area contributed by atoms with E-state index >= 15 is 0 Å². The lowest BCUT2D eigenvalue weighted by Crippen LogP contribution is -2.12. The molecular formula is C19H16N2O4S. The molecule has 0 fully saturated rings. The molecule has 0 unspecified atom stereocenters. The van der Waals surface area contributed by atoms with Gasteiger partial charge in [0.25, 0.3) is 5.91 Å². The summed E-state index contributed by atoms with van der Waals surface area (Å²) >= 11 is 0. The zero-order valence-electron chi connectivity index (χ0n) is 13.9. The summed E-state index contributed by atoms with van der Waals surface area (Å²) in [7, 11) is -3.56. The second-order valence-corrected chi connectivity index (χ2v) is 7.69. The Morgan fingerprint density at radius 1 is 1.04 bits per heavy atom. The van der Waals surface area contributed by atoms with Crippen LogP contribution in [0.25, 0.3) is 11.3 Å². The van der Waals surface area contributed by atoms with Crippen molar-refractivity contribution in [3.05, 3.63) is 72.4 Å². The van der Waals surface area contributed by atoms with E-state index < -0.39 is 21.5 Å². The molecule has 0 aliphatic carbocycles. The minimum atomic E-state index is -3.56. The van der Waals surface area contributed by atoms with Crippen LogP contribution < -0.4 is 5.32 Å². The van der Waals surface area contributed by atoms with Crippen molar-refractivity contribution in [2.75, 3.05) is 11.6 Å². The standard InChI is InChI=1S/C19H16N2O4S/c1-26(24,25)18-9-8-14(12-17(18)22)19(23)21-15-6-4-5-13(11-15)16-7-2-3-10-20-16/h2-12,22H,1H3,(H,21,23). The molecule has 26 heavy (non-hydrogen) atoms. The molecule has 7 heteroatoms. The Labute approximate surface area is 151 Å². The maximum Gasteiger partial charge on any atom is 0.255 e. The monoisotopic (exact) mass is 368 g/mol. The van der Waals surface area contributed by atoms with Gasteiger partial charge >= 0.3 is 0 Å². The number of sulfone groups is 1. The van der Waals surface area contributed by atoms with Gasteiger partial charge in [0.05, 0.1) is 5.69 Å². The number of phenolic OH excluding ortho intramolecular Hbond substituents is 1. The van der Waals surface area contributed by atoms with Crippen molar-refractivity contribution in [2.24, 2.45) is 0 Å². The van der Waals surface area contributed by atoms with Crippen molar-refractivity contribution in [3.63, 3.8) is 0 Å². The van der Waals surface area contributed by atoms with E-state index in [1.165, 1.54) is 12.1 Å². The molecule has 1 aromatic heterocycles. The Kier molecular flexibility index (Phi) is 4.73. The van der Waals surface area contributed by atoms with Crippen molar-refractivity contribution < 1.29 is 18.3 Å². The van der Waals surface area contributed by atoms with E-state index in [9.17, 15) is 18.3 Å². The van der Waals surface area contributed by atoms with Gasteiger partial charge in [-0.05, 0) is 42.5 Å². The number of rotatable bonds is 4. The lowest BCUT2D eigenvalue weighted by molar-refractivity contribution is 0.102. The van der Waals surface area contributed by atoms with E-state index in [2.05, 4.69) is 10.3 Å². The molecule has 0 radical (unpaired) electrons. The van der Waals surface area contributed by atoms with Gasteiger partial charge in [0, 0.05) is 29.3 Å². The first kappa shape index (κ1) is 17.6. The normalized spacial score (nSPS) is 11.1. The number of phenols is 1. The first-order chi connectivity index (χ1) is 12.3. The number of amides is 1. The molecule has 0 saturated heterocycles. The number of benzene rings is 2. The fraction of sp³-hybridized carbons (Fsp3) is 0.0526. The maximum atomic E-state index is 12.4. The average molecular weight is 368 g/mol. The lowest BCUT2D eigenvalue weighted by Gasteiger charge is -2.09. The van der Waals surface area contributed by atoms with Crippen molar-refractivity contribution in [1.29, 1.82) is 0 Å². The van der Waals surface area contributed by atoms with Crippen LogP contribution in [0.15, 0.2) is 71.8 Å². The Morgan fingerprint density at radius 3 is 2.50 bits per heavy atom. The SMILES string of the molecule is CS(=O)(=O)c1ccc(C(=O)Nc2cccc(-c3ccccn3)c2)cc1O. The third kappa shape index (κ3) is 3.89.